The number of esters is 1. The molecule has 0 aromatic heterocycles. The topological polar surface area (TPSA) is 38.3 Å². The summed E-state index contributed by atoms with van der Waals surface area (Å²) in [5.41, 5.74) is 3.18. The fourth-order valence-corrected chi connectivity index (χ4v) is 2.38. The molecule has 2 rings (SSSR count). The molecule has 1 aliphatic rings. The summed E-state index contributed by atoms with van der Waals surface area (Å²) in [6.45, 7) is 4.50. The van der Waals surface area contributed by atoms with Gasteiger partial charge in [0.15, 0.2) is 0 Å². The molecule has 0 amide bonds. The first-order valence-electron chi connectivity index (χ1n) is 7.31. The monoisotopic (exact) mass is 261 g/mol. The van der Waals surface area contributed by atoms with Crippen LogP contribution in [0.5, 0.6) is 0 Å². The van der Waals surface area contributed by atoms with E-state index in [2.05, 4.69) is 12.2 Å². The van der Waals surface area contributed by atoms with Crippen LogP contribution in [0, 0.1) is 0 Å². The molecule has 1 aromatic rings. The molecular weight excluding hydrogens is 238 g/mol. The summed E-state index contributed by atoms with van der Waals surface area (Å²) in [5, 5.41) is 3.27. The average Bonchev–Trinajstić information content (AvgIpc) is 2.89. The van der Waals surface area contributed by atoms with Gasteiger partial charge in [-0.1, -0.05) is 38.7 Å². The van der Waals surface area contributed by atoms with E-state index in [1.54, 1.807) is 0 Å². The molecule has 104 valence electrons. The van der Waals surface area contributed by atoms with E-state index in [1.165, 1.54) is 30.4 Å². The number of nitrogens with one attached hydrogen (secondary N) is 1. The lowest BCUT2D eigenvalue weighted by molar-refractivity contribution is 0.0497. The Kier molecular flexibility index (Phi) is 5.40. The number of rotatable bonds is 7. The largest absolute Gasteiger partial charge is 0.462 e. The SMILES string of the molecule is CCCCCCCOC(=O)c1ccc2c(c1)CNC2. The third-order valence-corrected chi connectivity index (χ3v) is 3.55. The van der Waals surface area contributed by atoms with Gasteiger partial charge >= 0.3 is 5.97 Å². The van der Waals surface area contributed by atoms with Crippen molar-refractivity contribution in [3.05, 3.63) is 34.9 Å². The minimum Gasteiger partial charge on any atom is -0.462 e. The van der Waals surface area contributed by atoms with Crippen LogP contribution in [-0.4, -0.2) is 12.6 Å². The average molecular weight is 261 g/mol. The normalized spacial score (nSPS) is 13.3. The van der Waals surface area contributed by atoms with Gasteiger partial charge in [-0.15, -0.1) is 0 Å². The van der Waals surface area contributed by atoms with Gasteiger partial charge in [0, 0.05) is 13.1 Å². The Morgan fingerprint density at radius 1 is 1.16 bits per heavy atom. The van der Waals surface area contributed by atoms with E-state index in [0.717, 1.165) is 25.9 Å². The van der Waals surface area contributed by atoms with Crippen molar-refractivity contribution in [2.45, 2.75) is 52.1 Å². The van der Waals surface area contributed by atoms with Crippen molar-refractivity contribution in [2.24, 2.45) is 0 Å². The second-order valence-corrected chi connectivity index (χ2v) is 5.14. The lowest BCUT2D eigenvalue weighted by Gasteiger charge is -2.06. The Morgan fingerprint density at radius 2 is 1.95 bits per heavy atom. The van der Waals surface area contributed by atoms with Crippen LogP contribution in [0.25, 0.3) is 0 Å². The van der Waals surface area contributed by atoms with Gasteiger partial charge in [-0.05, 0) is 29.7 Å². The van der Waals surface area contributed by atoms with Crippen LogP contribution >= 0.6 is 0 Å². The van der Waals surface area contributed by atoms with Gasteiger partial charge in [0.2, 0.25) is 0 Å². The maximum Gasteiger partial charge on any atom is 0.338 e. The highest BCUT2D eigenvalue weighted by atomic mass is 16.5. The van der Waals surface area contributed by atoms with Crippen molar-refractivity contribution in [1.29, 1.82) is 0 Å². The van der Waals surface area contributed by atoms with Crippen LogP contribution in [0.15, 0.2) is 18.2 Å². The van der Waals surface area contributed by atoms with Gasteiger partial charge in [-0.2, -0.15) is 0 Å². The van der Waals surface area contributed by atoms with Gasteiger partial charge in [0.1, 0.15) is 0 Å². The third kappa shape index (κ3) is 4.06. The Morgan fingerprint density at radius 3 is 2.79 bits per heavy atom. The van der Waals surface area contributed by atoms with E-state index < -0.39 is 0 Å². The lowest BCUT2D eigenvalue weighted by Crippen LogP contribution is -2.07. The fourth-order valence-electron chi connectivity index (χ4n) is 2.38. The molecule has 19 heavy (non-hydrogen) atoms. The highest BCUT2D eigenvalue weighted by Gasteiger charge is 2.13. The second kappa shape index (κ2) is 7.29. The number of unbranched alkanes of at least 4 members (excludes halogenated alkanes) is 4. The summed E-state index contributed by atoms with van der Waals surface area (Å²) < 4.78 is 5.31. The Hall–Kier alpha value is -1.35. The number of carbonyl (C=O) groups excluding carboxylic acids is 1. The van der Waals surface area contributed by atoms with E-state index in [-0.39, 0.29) is 5.97 Å². The molecule has 0 saturated heterocycles. The van der Waals surface area contributed by atoms with Crippen LogP contribution in [0.1, 0.15) is 60.5 Å². The molecule has 1 aromatic carbocycles. The molecule has 1 aliphatic heterocycles. The molecule has 1 N–H and O–H groups in total. The molecule has 0 spiro atoms. The number of hydrogen-bond acceptors (Lipinski definition) is 3. The van der Waals surface area contributed by atoms with Gasteiger partial charge < -0.3 is 10.1 Å². The lowest BCUT2D eigenvalue weighted by atomic mass is 10.1. The quantitative estimate of drug-likeness (QED) is 0.604. The third-order valence-electron chi connectivity index (χ3n) is 3.55. The van der Waals surface area contributed by atoms with Crippen molar-refractivity contribution >= 4 is 5.97 Å². The maximum absolute atomic E-state index is 11.9. The van der Waals surface area contributed by atoms with Crippen molar-refractivity contribution in [1.82, 2.24) is 5.32 Å². The first-order valence-corrected chi connectivity index (χ1v) is 7.31. The van der Waals surface area contributed by atoms with Gasteiger partial charge in [-0.25, -0.2) is 4.79 Å². The van der Waals surface area contributed by atoms with Crippen molar-refractivity contribution in [2.75, 3.05) is 6.61 Å². The number of hydrogen-bond donors (Lipinski definition) is 1. The highest BCUT2D eigenvalue weighted by molar-refractivity contribution is 5.89. The molecular formula is C16H23NO2. The zero-order valence-electron chi connectivity index (χ0n) is 11.7. The molecule has 3 heteroatoms. The highest BCUT2D eigenvalue weighted by Crippen LogP contribution is 2.17. The minimum atomic E-state index is -0.190. The van der Waals surface area contributed by atoms with Crippen LogP contribution < -0.4 is 5.32 Å². The predicted molar refractivity (Wildman–Crippen MR) is 76.0 cm³/mol. The zero-order chi connectivity index (χ0) is 13.5. The number of fused-ring (bicyclic) bond motifs is 1. The smallest absolute Gasteiger partial charge is 0.338 e. The molecule has 0 unspecified atom stereocenters. The van der Waals surface area contributed by atoms with E-state index in [9.17, 15) is 4.79 Å². The first-order chi connectivity index (χ1) is 9.31. The Bertz CT molecular complexity index is 429. The van der Waals surface area contributed by atoms with Crippen molar-refractivity contribution < 1.29 is 9.53 Å². The summed E-state index contributed by atoms with van der Waals surface area (Å²) in [6, 6.07) is 5.84. The minimum absolute atomic E-state index is 0.190. The molecule has 0 radical (unpaired) electrons. The predicted octanol–water partition coefficient (Wildman–Crippen LogP) is 3.42. The molecule has 0 bridgehead atoms. The van der Waals surface area contributed by atoms with Crippen LogP contribution in [0.3, 0.4) is 0 Å². The summed E-state index contributed by atoms with van der Waals surface area (Å²) in [4.78, 5) is 11.9. The van der Waals surface area contributed by atoms with E-state index in [1.807, 2.05) is 18.2 Å². The molecule has 0 fully saturated rings. The number of ether oxygens (including phenoxy) is 1. The van der Waals surface area contributed by atoms with Crippen molar-refractivity contribution in [3.63, 3.8) is 0 Å². The van der Waals surface area contributed by atoms with Crippen LogP contribution in [0.4, 0.5) is 0 Å². The Balaban J connectivity index is 1.74. The van der Waals surface area contributed by atoms with Crippen molar-refractivity contribution in [3.8, 4) is 0 Å². The van der Waals surface area contributed by atoms with Crippen LogP contribution in [0.2, 0.25) is 0 Å². The molecule has 0 aliphatic carbocycles. The van der Waals surface area contributed by atoms with E-state index in [4.69, 9.17) is 4.74 Å². The summed E-state index contributed by atoms with van der Waals surface area (Å²) >= 11 is 0. The van der Waals surface area contributed by atoms with E-state index in [0.29, 0.717) is 12.2 Å². The number of benzene rings is 1. The van der Waals surface area contributed by atoms with Gasteiger partial charge in [0.05, 0.1) is 12.2 Å². The molecule has 1 heterocycles. The first kappa shape index (κ1) is 14.1. The summed E-state index contributed by atoms with van der Waals surface area (Å²) in [6.07, 6.45) is 5.86. The second-order valence-electron chi connectivity index (χ2n) is 5.14. The van der Waals surface area contributed by atoms with E-state index >= 15 is 0 Å². The molecule has 0 atom stereocenters. The van der Waals surface area contributed by atoms with Crippen LogP contribution in [-0.2, 0) is 17.8 Å². The molecule has 0 saturated carbocycles. The number of carbonyl (C=O) groups is 1. The van der Waals surface area contributed by atoms with Gasteiger partial charge in [0.25, 0.3) is 0 Å². The fraction of sp³-hybridized carbons (Fsp3) is 0.562. The summed E-state index contributed by atoms with van der Waals surface area (Å²) in [5.74, 6) is -0.190. The standard InChI is InChI=1S/C16H23NO2/c1-2-3-4-5-6-9-19-16(18)13-7-8-14-11-17-12-15(14)10-13/h7-8,10,17H,2-6,9,11-12H2,1H3. The van der Waals surface area contributed by atoms with Gasteiger partial charge in [-0.3, -0.25) is 0 Å². The summed E-state index contributed by atoms with van der Waals surface area (Å²) in [7, 11) is 0. The molecule has 3 nitrogen and oxygen atoms in total. The zero-order valence-corrected chi connectivity index (χ0v) is 11.7. The Labute approximate surface area is 115 Å². The maximum atomic E-state index is 11.9.